The summed E-state index contributed by atoms with van der Waals surface area (Å²) in [7, 11) is -8.06. The van der Waals surface area contributed by atoms with Crippen LogP contribution in [0.5, 0.6) is 29.1 Å². The Kier molecular flexibility index (Phi) is 10.2. The van der Waals surface area contributed by atoms with Crippen molar-refractivity contribution in [1.82, 2.24) is 15.0 Å². The van der Waals surface area contributed by atoms with E-state index in [4.69, 9.17) is 52.1 Å². The lowest BCUT2D eigenvalue weighted by Gasteiger charge is -2.32. The SMILES string of the molecule is Nc1c(Br)ccc2c1CCO2.[2H]C([2H])([2H])Oc1cc(-c2ccc3c(c2N)CCO3)ccn1.[2H]C([2H])([2H])Oc1cc(B2OC(C)(C)C(C)(C)O2)ccn1.[2H]C([2H])([2H])Oc1cc(Br)ccn1. The van der Waals surface area contributed by atoms with E-state index in [1.54, 1.807) is 24.3 Å². The molecule has 3 aliphatic heterocycles. The summed E-state index contributed by atoms with van der Waals surface area (Å²) in [5, 5.41) is 0. The first-order chi connectivity index (χ1) is 29.7. The van der Waals surface area contributed by atoms with Gasteiger partial charge in [-0.2, -0.15) is 0 Å². The van der Waals surface area contributed by atoms with Crippen LogP contribution in [0.25, 0.3) is 11.1 Å². The zero-order valence-electron chi connectivity index (χ0n) is 39.5. The van der Waals surface area contributed by atoms with E-state index in [1.165, 1.54) is 30.7 Å². The highest BCUT2D eigenvalue weighted by molar-refractivity contribution is 9.10. The molecule has 0 amide bonds. The van der Waals surface area contributed by atoms with Crippen LogP contribution in [-0.2, 0) is 22.2 Å². The van der Waals surface area contributed by atoms with Crippen LogP contribution in [-0.4, -0.2) is 67.6 Å². The Morgan fingerprint density at radius 1 is 0.673 bits per heavy atom. The zero-order valence-corrected chi connectivity index (χ0v) is 33.7. The third-order valence-corrected chi connectivity index (χ3v) is 10.3. The van der Waals surface area contributed by atoms with Gasteiger partial charge in [0.05, 0.1) is 63.6 Å². The maximum absolute atomic E-state index is 7.12. The van der Waals surface area contributed by atoms with Crippen molar-refractivity contribution in [2.45, 2.75) is 51.7 Å². The number of anilines is 2. The van der Waals surface area contributed by atoms with Crippen LogP contribution in [0.1, 0.15) is 51.2 Å². The summed E-state index contributed by atoms with van der Waals surface area (Å²) in [6.07, 6.45) is 6.14. The highest BCUT2D eigenvalue weighted by atomic mass is 79.9. The van der Waals surface area contributed by atoms with Crippen LogP contribution in [0.4, 0.5) is 11.4 Å². The number of benzene rings is 2. The molecule has 0 aliphatic carbocycles. The second-order valence-electron chi connectivity index (χ2n) is 13.2. The molecule has 290 valence electrons. The molecule has 4 N–H and O–H groups in total. The number of nitrogens with zero attached hydrogens (tertiary/aromatic N) is 3. The molecule has 55 heavy (non-hydrogen) atoms. The average molecular weight is 889 g/mol. The number of methoxy groups -OCH3 is 3. The molecule has 0 spiro atoms. The van der Waals surface area contributed by atoms with Crippen molar-refractivity contribution in [1.29, 1.82) is 0 Å². The average Bonchev–Trinajstić information content (AvgIpc) is 3.91. The summed E-state index contributed by atoms with van der Waals surface area (Å²) in [6, 6.07) is 17.3. The molecule has 0 radical (unpaired) electrons. The van der Waals surface area contributed by atoms with E-state index < -0.39 is 39.4 Å². The highest BCUT2D eigenvalue weighted by Crippen LogP contribution is 2.39. The van der Waals surface area contributed by atoms with Crippen LogP contribution >= 0.6 is 31.9 Å². The van der Waals surface area contributed by atoms with Crippen molar-refractivity contribution in [3.8, 4) is 40.3 Å². The fourth-order valence-electron chi connectivity index (χ4n) is 5.50. The lowest BCUT2D eigenvalue weighted by Crippen LogP contribution is -2.41. The molecule has 3 aromatic heterocycles. The third-order valence-electron chi connectivity index (χ3n) is 9.14. The Balaban J connectivity index is 0.000000167. The number of ether oxygens (including phenoxy) is 5. The topological polar surface area (TPSA) is 155 Å². The molecule has 12 nitrogen and oxygen atoms in total. The monoisotopic (exact) mass is 886 g/mol. The van der Waals surface area contributed by atoms with E-state index in [-0.39, 0.29) is 17.6 Å². The quantitative estimate of drug-likeness (QED) is 0.133. The second-order valence-corrected chi connectivity index (χ2v) is 14.9. The smallest absolute Gasteiger partial charge is 0.493 e. The van der Waals surface area contributed by atoms with Crippen molar-refractivity contribution in [2.75, 3.05) is 45.8 Å². The number of nitrogens with two attached hydrogens (primary N) is 2. The van der Waals surface area contributed by atoms with Gasteiger partial charge in [-0.25, -0.2) is 15.0 Å². The predicted molar refractivity (Wildman–Crippen MR) is 223 cm³/mol. The molecule has 0 unspecified atom stereocenters. The molecule has 8 rings (SSSR count). The van der Waals surface area contributed by atoms with Gasteiger partial charge in [-0.05, 0) is 97.1 Å². The van der Waals surface area contributed by atoms with E-state index in [0.29, 0.717) is 17.8 Å². The largest absolute Gasteiger partial charge is 0.495 e. The Morgan fingerprint density at radius 3 is 1.80 bits per heavy atom. The lowest BCUT2D eigenvalue weighted by molar-refractivity contribution is 0.00578. The van der Waals surface area contributed by atoms with Crippen LogP contribution in [0.15, 0.2) is 88.2 Å². The molecule has 2 aromatic carbocycles. The molecule has 0 atom stereocenters. The van der Waals surface area contributed by atoms with Gasteiger partial charge in [-0.3, -0.25) is 0 Å². The molecule has 15 heteroatoms. The molecular weight excluding hydrogens is 833 g/mol. The van der Waals surface area contributed by atoms with Crippen LogP contribution in [0, 0.1) is 0 Å². The van der Waals surface area contributed by atoms with E-state index in [1.807, 2.05) is 52.0 Å². The predicted octanol–water partition coefficient (Wildman–Crippen LogP) is 7.48. The normalized spacial score (nSPS) is 18.4. The second kappa shape index (κ2) is 18.4. The summed E-state index contributed by atoms with van der Waals surface area (Å²) < 4.78 is 101. The van der Waals surface area contributed by atoms with Crippen molar-refractivity contribution < 1.29 is 45.3 Å². The van der Waals surface area contributed by atoms with E-state index in [0.717, 1.165) is 67.8 Å². The van der Waals surface area contributed by atoms with Crippen LogP contribution < -0.4 is 40.6 Å². The summed E-state index contributed by atoms with van der Waals surface area (Å²) in [4.78, 5) is 11.5. The minimum Gasteiger partial charge on any atom is -0.493 e. The Morgan fingerprint density at radius 2 is 1.20 bits per heavy atom. The van der Waals surface area contributed by atoms with Gasteiger partial charge in [0, 0.05) is 81.0 Å². The fourth-order valence-corrected chi connectivity index (χ4v) is 6.19. The summed E-state index contributed by atoms with van der Waals surface area (Å²) in [6.45, 7) is 9.20. The molecule has 0 saturated carbocycles. The van der Waals surface area contributed by atoms with Gasteiger partial charge in [-0.1, -0.05) is 15.9 Å². The number of rotatable bonds is 5. The number of hydrogen-bond acceptors (Lipinski definition) is 12. The number of pyridine rings is 3. The van der Waals surface area contributed by atoms with Gasteiger partial charge in [0.2, 0.25) is 17.6 Å². The number of fused-ring (bicyclic) bond motifs is 2. The fraction of sp³-hybridized carbons (Fsp3) is 0.325. The van der Waals surface area contributed by atoms with E-state index >= 15 is 0 Å². The number of nitrogen functional groups attached to an aromatic ring is 2. The molecule has 1 fully saturated rings. The maximum atomic E-state index is 7.12. The molecule has 5 aromatic rings. The van der Waals surface area contributed by atoms with Gasteiger partial charge in [0.25, 0.3) is 0 Å². The Labute approximate surface area is 352 Å². The minimum atomic E-state index is -2.53. The molecular formula is C40H46BBr2N5O7. The first-order valence-electron chi connectivity index (χ1n) is 21.4. The van der Waals surface area contributed by atoms with Gasteiger partial charge in [0.15, 0.2) is 0 Å². The van der Waals surface area contributed by atoms with E-state index in [9.17, 15) is 0 Å². The Bertz CT molecular complexity index is 2400. The maximum Gasteiger partial charge on any atom is 0.495 e. The van der Waals surface area contributed by atoms with Crippen LogP contribution in [0.2, 0.25) is 0 Å². The number of aromatic nitrogens is 3. The number of halogens is 2. The van der Waals surface area contributed by atoms with Gasteiger partial charge in [0.1, 0.15) is 11.5 Å². The van der Waals surface area contributed by atoms with Crippen molar-refractivity contribution in [2.24, 2.45) is 0 Å². The first kappa shape index (κ1) is 30.6. The van der Waals surface area contributed by atoms with Crippen molar-refractivity contribution in [3.05, 3.63) is 99.3 Å². The summed E-state index contributed by atoms with van der Waals surface area (Å²) in [5.74, 6) is 1.90. The van der Waals surface area contributed by atoms with Gasteiger partial charge >= 0.3 is 7.12 Å². The molecule has 6 heterocycles. The third kappa shape index (κ3) is 10.2. The van der Waals surface area contributed by atoms with Gasteiger partial charge < -0.3 is 44.5 Å². The first-order valence-corrected chi connectivity index (χ1v) is 18.5. The Hall–Kier alpha value is -4.57. The van der Waals surface area contributed by atoms with E-state index in [2.05, 4.69) is 51.5 Å². The minimum absolute atomic E-state index is 0.0252. The highest BCUT2D eigenvalue weighted by Gasteiger charge is 2.51. The van der Waals surface area contributed by atoms with Gasteiger partial charge in [-0.15, -0.1) is 0 Å². The summed E-state index contributed by atoms with van der Waals surface area (Å²) in [5.41, 5.74) is 16.9. The zero-order chi connectivity index (χ0) is 47.3. The standard InChI is InChI=1S/C14H14N2O2.C12H18BNO3.C8H8BrNO.C6H6BrNO/c1-17-13-8-9(4-6-16-13)10-2-3-12-11(14(10)15)5-7-18-12;1-11(2)12(3,4)17-13(16-11)9-6-7-14-10(8-9)15-5;9-6-1-2-7-5(8(6)10)3-4-11-7;1-9-6-4-5(7)2-3-8-6/h2-4,6,8H,5,7,15H2,1H3;6-8H,1-5H3;1-2H,3-4,10H2;2-4H,1H3/i1D3;5D3;;1D3. The molecule has 3 aliphatic rings. The van der Waals surface area contributed by atoms with Crippen molar-refractivity contribution >= 4 is 55.8 Å². The number of hydrogen-bond donors (Lipinski definition) is 2. The molecule has 1 saturated heterocycles. The lowest BCUT2D eigenvalue weighted by atomic mass is 9.80. The van der Waals surface area contributed by atoms with Crippen LogP contribution in [0.3, 0.4) is 0 Å². The molecule has 0 bridgehead atoms. The summed E-state index contributed by atoms with van der Waals surface area (Å²) >= 11 is 6.53. The van der Waals surface area contributed by atoms with Crippen molar-refractivity contribution in [3.63, 3.8) is 0 Å².